The zero-order valence-corrected chi connectivity index (χ0v) is 14.5. The lowest BCUT2D eigenvalue weighted by Crippen LogP contribution is -2.09. The van der Waals surface area contributed by atoms with E-state index in [1.165, 1.54) is 0 Å². The van der Waals surface area contributed by atoms with E-state index in [1.54, 1.807) is 12.1 Å². The number of pyridine rings is 1. The maximum absolute atomic E-state index is 10.3. The van der Waals surface area contributed by atoms with Crippen molar-refractivity contribution < 1.29 is 5.11 Å². The average molecular weight is 355 g/mol. The van der Waals surface area contributed by atoms with Gasteiger partial charge in [-0.1, -0.05) is 17.7 Å². The molecule has 0 aliphatic heterocycles. The summed E-state index contributed by atoms with van der Waals surface area (Å²) in [4.78, 5) is 6.36. The molecule has 0 unspecified atom stereocenters. The van der Waals surface area contributed by atoms with Crippen molar-refractivity contribution in [2.24, 2.45) is 5.73 Å². The van der Waals surface area contributed by atoms with Crippen molar-refractivity contribution >= 4 is 28.8 Å². The first-order chi connectivity index (χ1) is 12.0. The summed E-state index contributed by atoms with van der Waals surface area (Å²) in [6.07, 6.45) is 0. The van der Waals surface area contributed by atoms with Crippen LogP contribution in [0.25, 0.3) is 11.3 Å². The fourth-order valence-corrected chi connectivity index (χ4v) is 2.70. The van der Waals surface area contributed by atoms with Gasteiger partial charge in [-0.3, -0.25) is 0 Å². The SMILES string of the molecule is CN(c1ccc(Cl)cc1)c1ccc(O)c(-c2ccc(CN)c(N)n2)c1. The summed E-state index contributed by atoms with van der Waals surface area (Å²) in [6.45, 7) is 0.324. The molecule has 0 spiro atoms. The molecule has 5 nitrogen and oxygen atoms in total. The van der Waals surface area contributed by atoms with Gasteiger partial charge in [0.2, 0.25) is 0 Å². The summed E-state index contributed by atoms with van der Waals surface area (Å²) < 4.78 is 0. The third-order valence-corrected chi connectivity index (χ3v) is 4.34. The van der Waals surface area contributed by atoms with Gasteiger partial charge in [-0.15, -0.1) is 0 Å². The van der Waals surface area contributed by atoms with E-state index >= 15 is 0 Å². The first-order valence-corrected chi connectivity index (χ1v) is 8.15. The molecule has 0 amide bonds. The van der Waals surface area contributed by atoms with Crippen LogP contribution in [0.3, 0.4) is 0 Å². The summed E-state index contributed by atoms with van der Waals surface area (Å²) in [5, 5.41) is 10.9. The van der Waals surface area contributed by atoms with Crippen LogP contribution in [0.2, 0.25) is 5.02 Å². The number of halogens is 1. The summed E-state index contributed by atoms with van der Waals surface area (Å²) in [6, 6.07) is 16.5. The Morgan fingerprint density at radius 2 is 1.72 bits per heavy atom. The van der Waals surface area contributed by atoms with Gasteiger partial charge >= 0.3 is 0 Å². The molecule has 0 bridgehead atoms. The quantitative estimate of drug-likeness (QED) is 0.661. The number of hydrogen-bond donors (Lipinski definition) is 3. The topological polar surface area (TPSA) is 88.4 Å². The molecule has 0 radical (unpaired) electrons. The van der Waals surface area contributed by atoms with Gasteiger partial charge < -0.3 is 21.5 Å². The van der Waals surface area contributed by atoms with Crippen molar-refractivity contribution in [3.05, 3.63) is 65.2 Å². The zero-order valence-electron chi connectivity index (χ0n) is 13.8. The van der Waals surface area contributed by atoms with Crippen molar-refractivity contribution in [3.8, 4) is 17.0 Å². The van der Waals surface area contributed by atoms with Gasteiger partial charge in [0.1, 0.15) is 11.6 Å². The second-order valence-corrected chi connectivity index (χ2v) is 6.12. The summed E-state index contributed by atoms with van der Waals surface area (Å²) in [5.41, 5.74) is 15.4. The monoisotopic (exact) mass is 354 g/mol. The van der Waals surface area contributed by atoms with E-state index in [1.807, 2.05) is 54.4 Å². The largest absolute Gasteiger partial charge is 0.507 e. The Hall–Kier alpha value is -2.76. The third-order valence-electron chi connectivity index (χ3n) is 4.09. The molecule has 25 heavy (non-hydrogen) atoms. The Morgan fingerprint density at radius 3 is 2.36 bits per heavy atom. The van der Waals surface area contributed by atoms with Crippen LogP contribution in [-0.2, 0) is 6.54 Å². The molecular formula is C19H19ClN4O. The zero-order chi connectivity index (χ0) is 18.0. The van der Waals surface area contributed by atoms with Gasteiger partial charge in [0.05, 0.1) is 5.69 Å². The molecule has 2 aromatic carbocycles. The first kappa shape index (κ1) is 17.1. The highest BCUT2D eigenvalue weighted by molar-refractivity contribution is 6.30. The smallest absolute Gasteiger partial charge is 0.128 e. The van der Waals surface area contributed by atoms with Crippen LogP contribution in [0, 0.1) is 0 Å². The fraction of sp³-hybridized carbons (Fsp3) is 0.105. The van der Waals surface area contributed by atoms with Crippen LogP contribution >= 0.6 is 11.6 Å². The molecule has 0 aliphatic rings. The van der Waals surface area contributed by atoms with Gasteiger partial charge in [-0.2, -0.15) is 0 Å². The van der Waals surface area contributed by atoms with Crippen molar-refractivity contribution in [1.82, 2.24) is 4.98 Å². The second kappa shape index (κ2) is 7.01. The minimum absolute atomic E-state index is 0.139. The van der Waals surface area contributed by atoms with E-state index in [4.69, 9.17) is 23.1 Å². The predicted molar refractivity (Wildman–Crippen MR) is 103 cm³/mol. The van der Waals surface area contributed by atoms with Crippen molar-refractivity contribution in [1.29, 1.82) is 0 Å². The Morgan fingerprint density at radius 1 is 1.04 bits per heavy atom. The van der Waals surface area contributed by atoms with Gasteiger partial charge in [0, 0.05) is 41.1 Å². The van der Waals surface area contributed by atoms with Crippen LogP contribution in [0.1, 0.15) is 5.56 Å². The number of rotatable bonds is 4. The van der Waals surface area contributed by atoms with Crippen molar-refractivity contribution in [2.75, 3.05) is 17.7 Å². The summed E-state index contributed by atoms with van der Waals surface area (Å²) >= 11 is 5.95. The van der Waals surface area contributed by atoms with E-state index < -0.39 is 0 Å². The number of hydrogen-bond acceptors (Lipinski definition) is 5. The number of aromatic hydroxyl groups is 1. The summed E-state index contributed by atoms with van der Waals surface area (Å²) in [7, 11) is 1.94. The van der Waals surface area contributed by atoms with E-state index in [-0.39, 0.29) is 5.75 Å². The highest BCUT2D eigenvalue weighted by Crippen LogP contribution is 2.34. The molecular weight excluding hydrogens is 336 g/mol. The maximum atomic E-state index is 10.3. The van der Waals surface area contributed by atoms with E-state index in [0.29, 0.717) is 28.6 Å². The summed E-state index contributed by atoms with van der Waals surface area (Å²) in [5.74, 6) is 0.511. The number of aromatic nitrogens is 1. The number of phenols is 1. The van der Waals surface area contributed by atoms with Crippen molar-refractivity contribution in [2.45, 2.75) is 6.54 Å². The van der Waals surface area contributed by atoms with Gasteiger partial charge in [0.15, 0.2) is 0 Å². The van der Waals surface area contributed by atoms with Crippen LogP contribution in [-0.4, -0.2) is 17.1 Å². The molecule has 128 valence electrons. The molecule has 6 heteroatoms. The second-order valence-electron chi connectivity index (χ2n) is 5.68. The van der Waals surface area contributed by atoms with Gasteiger partial charge in [-0.05, 0) is 48.5 Å². The maximum Gasteiger partial charge on any atom is 0.128 e. The highest BCUT2D eigenvalue weighted by Gasteiger charge is 2.12. The lowest BCUT2D eigenvalue weighted by Gasteiger charge is -2.21. The molecule has 3 aromatic rings. The highest BCUT2D eigenvalue weighted by atomic mass is 35.5. The van der Waals surface area contributed by atoms with E-state index in [0.717, 1.165) is 16.9 Å². The molecule has 1 aromatic heterocycles. The third kappa shape index (κ3) is 3.52. The molecule has 0 saturated carbocycles. The lowest BCUT2D eigenvalue weighted by atomic mass is 10.1. The number of anilines is 3. The molecule has 3 rings (SSSR count). The van der Waals surface area contributed by atoms with Gasteiger partial charge in [-0.25, -0.2) is 4.98 Å². The van der Waals surface area contributed by atoms with Crippen molar-refractivity contribution in [3.63, 3.8) is 0 Å². The average Bonchev–Trinajstić information content (AvgIpc) is 2.62. The minimum atomic E-state index is 0.139. The van der Waals surface area contributed by atoms with Gasteiger partial charge in [0.25, 0.3) is 0 Å². The molecule has 0 fully saturated rings. The Kier molecular flexibility index (Phi) is 4.79. The van der Waals surface area contributed by atoms with Crippen LogP contribution in [0.15, 0.2) is 54.6 Å². The predicted octanol–water partition coefficient (Wildman–Crippen LogP) is 3.92. The minimum Gasteiger partial charge on any atom is -0.507 e. The number of benzene rings is 2. The normalized spacial score (nSPS) is 10.7. The number of phenolic OH excluding ortho intramolecular Hbond substituents is 1. The van der Waals surface area contributed by atoms with E-state index in [2.05, 4.69) is 4.98 Å². The number of nitrogens with two attached hydrogens (primary N) is 2. The Labute approximate surface area is 151 Å². The van der Waals surface area contributed by atoms with Crippen LogP contribution < -0.4 is 16.4 Å². The Balaban J connectivity index is 2.00. The van der Waals surface area contributed by atoms with E-state index in [9.17, 15) is 5.11 Å². The Bertz CT molecular complexity index is 896. The molecule has 1 heterocycles. The fourth-order valence-electron chi connectivity index (χ4n) is 2.58. The number of nitrogen functional groups attached to an aromatic ring is 1. The molecule has 0 atom stereocenters. The first-order valence-electron chi connectivity index (χ1n) is 7.77. The number of nitrogens with zero attached hydrogens (tertiary/aromatic N) is 2. The van der Waals surface area contributed by atoms with Crippen LogP contribution in [0.5, 0.6) is 5.75 Å². The van der Waals surface area contributed by atoms with Crippen LogP contribution in [0.4, 0.5) is 17.2 Å². The molecule has 0 saturated heterocycles. The molecule has 5 N–H and O–H groups in total. The molecule has 0 aliphatic carbocycles. The standard InChI is InChI=1S/C19H19ClN4O/c1-24(14-5-3-13(20)4-6-14)15-7-9-18(25)16(10-15)17-8-2-12(11-21)19(22)23-17/h2-10,25H,11,21H2,1H3,(H2,22,23). The lowest BCUT2D eigenvalue weighted by molar-refractivity contribution is 0.477.